The summed E-state index contributed by atoms with van der Waals surface area (Å²) in [5, 5.41) is 0.291. The van der Waals surface area contributed by atoms with Crippen molar-refractivity contribution in [3.8, 4) is 0 Å². The largest absolute Gasteiger partial charge is 0.414 e. The van der Waals surface area contributed by atoms with Crippen LogP contribution in [0, 0.1) is 0 Å². The zero-order valence-corrected chi connectivity index (χ0v) is 15.7. The molecule has 1 atom stereocenters. The lowest BCUT2D eigenvalue weighted by atomic mass is 10.1. The van der Waals surface area contributed by atoms with Gasteiger partial charge >= 0.3 is 0 Å². The van der Waals surface area contributed by atoms with Gasteiger partial charge in [0.25, 0.3) is 0 Å². The Morgan fingerprint density at radius 3 is 2.16 bits per heavy atom. The quantitative estimate of drug-likeness (QED) is 0.615. The predicted molar refractivity (Wildman–Crippen MR) is 90.2 cm³/mol. The van der Waals surface area contributed by atoms with Gasteiger partial charge in [-0.25, -0.2) is 0 Å². The molecular formula is C16H27BrOSi. The molecule has 1 aromatic carbocycles. The zero-order valence-electron chi connectivity index (χ0n) is 13.1. The molecule has 1 aromatic rings. The van der Waals surface area contributed by atoms with Crippen molar-refractivity contribution in [3.05, 3.63) is 34.3 Å². The fourth-order valence-electron chi connectivity index (χ4n) is 1.76. The van der Waals surface area contributed by atoms with Gasteiger partial charge in [0.2, 0.25) is 0 Å². The van der Waals surface area contributed by atoms with Crippen LogP contribution in [0.25, 0.3) is 0 Å². The Hall–Kier alpha value is -0.123. The maximum Gasteiger partial charge on any atom is 0.192 e. The molecule has 1 unspecified atom stereocenters. The summed E-state index contributed by atoms with van der Waals surface area (Å²) in [6.45, 7) is 13.7. The average Bonchev–Trinajstić information content (AvgIpc) is 2.26. The third-order valence-corrected chi connectivity index (χ3v) is 9.19. The first-order valence-corrected chi connectivity index (χ1v) is 10.7. The number of aryl methyl sites for hydroxylation is 1. The van der Waals surface area contributed by atoms with E-state index in [0.29, 0.717) is 11.1 Å². The van der Waals surface area contributed by atoms with Gasteiger partial charge in [-0.1, -0.05) is 48.8 Å². The molecule has 3 heteroatoms. The first kappa shape index (κ1) is 16.9. The van der Waals surface area contributed by atoms with Gasteiger partial charge in [0.05, 0.1) is 0 Å². The summed E-state index contributed by atoms with van der Waals surface area (Å²) in [5.41, 5.74) is 1.38. The SMILES string of the molecule is CC(CCc1ccc(Br)cc1)O[Si](C)(C)C(C)(C)C. The molecule has 0 bridgehead atoms. The van der Waals surface area contributed by atoms with E-state index in [0.717, 1.165) is 17.3 Å². The van der Waals surface area contributed by atoms with E-state index in [-0.39, 0.29) is 0 Å². The highest BCUT2D eigenvalue weighted by Gasteiger charge is 2.38. The molecule has 0 fully saturated rings. The van der Waals surface area contributed by atoms with Crippen molar-refractivity contribution in [2.24, 2.45) is 0 Å². The van der Waals surface area contributed by atoms with E-state index in [1.165, 1.54) is 5.56 Å². The minimum Gasteiger partial charge on any atom is -0.414 e. The zero-order chi connectivity index (χ0) is 14.7. The van der Waals surface area contributed by atoms with E-state index in [1.807, 2.05) is 0 Å². The van der Waals surface area contributed by atoms with Gasteiger partial charge in [-0.3, -0.25) is 0 Å². The molecule has 0 aromatic heterocycles. The first-order chi connectivity index (χ1) is 8.62. The highest BCUT2D eigenvalue weighted by molar-refractivity contribution is 9.10. The second-order valence-corrected chi connectivity index (χ2v) is 12.5. The molecule has 0 amide bonds. The van der Waals surface area contributed by atoms with Gasteiger partial charge in [0, 0.05) is 10.6 Å². The van der Waals surface area contributed by atoms with Crippen LogP contribution >= 0.6 is 15.9 Å². The molecule has 0 aliphatic heterocycles. The minimum absolute atomic E-state index is 0.291. The molecule has 0 aliphatic carbocycles. The number of benzene rings is 1. The summed E-state index contributed by atoms with van der Waals surface area (Å²) in [7, 11) is -1.62. The van der Waals surface area contributed by atoms with Crippen LogP contribution in [0.5, 0.6) is 0 Å². The molecular weight excluding hydrogens is 316 g/mol. The van der Waals surface area contributed by atoms with Crippen LogP contribution in [-0.2, 0) is 10.8 Å². The minimum atomic E-state index is -1.62. The average molecular weight is 343 g/mol. The van der Waals surface area contributed by atoms with E-state index < -0.39 is 8.32 Å². The lowest BCUT2D eigenvalue weighted by Gasteiger charge is -2.38. The fourth-order valence-corrected chi connectivity index (χ4v) is 3.50. The molecule has 1 rings (SSSR count). The molecule has 0 heterocycles. The summed E-state index contributed by atoms with van der Waals surface area (Å²) in [4.78, 5) is 0. The van der Waals surface area contributed by atoms with Gasteiger partial charge in [0.15, 0.2) is 8.32 Å². The molecule has 108 valence electrons. The van der Waals surface area contributed by atoms with Crippen molar-refractivity contribution in [1.82, 2.24) is 0 Å². The molecule has 0 saturated carbocycles. The van der Waals surface area contributed by atoms with Gasteiger partial charge in [-0.15, -0.1) is 0 Å². The van der Waals surface area contributed by atoms with Crippen molar-refractivity contribution in [3.63, 3.8) is 0 Å². The highest BCUT2D eigenvalue weighted by atomic mass is 79.9. The number of rotatable bonds is 5. The molecule has 0 radical (unpaired) electrons. The van der Waals surface area contributed by atoms with Crippen molar-refractivity contribution in [2.45, 2.75) is 64.8 Å². The summed E-state index contributed by atoms with van der Waals surface area (Å²) >= 11 is 3.47. The topological polar surface area (TPSA) is 9.23 Å². The third-order valence-electron chi connectivity index (χ3n) is 4.05. The van der Waals surface area contributed by atoms with Gasteiger partial charge in [0.1, 0.15) is 0 Å². The lowest BCUT2D eigenvalue weighted by Crippen LogP contribution is -2.43. The van der Waals surface area contributed by atoms with E-state index >= 15 is 0 Å². The smallest absolute Gasteiger partial charge is 0.192 e. The second kappa shape index (κ2) is 6.55. The summed E-state index contributed by atoms with van der Waals surface area (Å²) in [6.07, 6.45) is 2.52. The van der Waals surface area contributed by atoms with Crippen LogP contribution < -0.4 is 0 Å². The Bertz CT molecular complexity index is 392. The number of halogens is 1. The second-order valence-electron chi connectivity index (χ2n) is 6.85. The van der Waals surface area contributed by atoms with Crippen LogP contribution in [0.2, 0.25) is 18.1 Å². The number of hydrogen-bond donors (Lipinski definition) is 0. The Balaban J connectivity index is 2.48. The molecule has 0 N–H and O–H groups in total. The van der Waals surface area contributed by atoms with E-state index in [2.05, 4.69) is 81.0 Å². The maximum absolute atomic E-state index is 6.38. The molecule has 0 spiro atoms. The summed E-state index contributed by atoms with van der Waals surface area (Å²) in [5.74, 6) is 0. The monoisotopic (exact) mass is 342 g/mol. The molecule has 0 aliphatic rings. The first-order valence-electron chi connectivity index (χ1n) is 7.04. The Morgan fingerprint density at radius 1 is 1.16 bits per heavy atom. The van der Waals surface area contributed by atoms with Crippen molar-refractivity contribution >= 4 is 24.2 Å². The predicted octanol–water partition coefficient (Wildman–Crippen LogP) is 5.79. The molecule has 19 heavy (non-hydrogen) atoms. The van der Waals surface area contributed by atoms with Crippen molar-refractivity contribution in [1.29, 1.82) is 0 Å². The molecule has 0 saturated heterocycles. The normalized spacial score (nSPS) is 14.5. The Kier molecular flexibility index (Phi) is 5.84. The van der Waals surface area contributed by atoms with Crippen LogP contribution in [0.1, 0.15) is 39.7 Å². The molecule has 1 nitrogen and oxygen atoms in total. The van der Waals surface area contributed by atoms with Crippen LogP contribution in [0.15, 0.2) is 28.7 Å². The van der Waals surface area contributed by atoms with Crippen molar-refractivity contribution in [2.75, 3.05) is 0 Å². The third kappa shape index (κ3) is 5.40. The standard InChI is InChI=1S/C16H27BrOSi/c1-13(18-19(5,6)16(2,3)4)7-8-14-9-11-15(17)12-10-14/h9-13H,7-8H2,1-6H3. The summed E-state index contributed by atoms with van der Waals surface area (Å²) in [6, 6.07) is 8.58. The van der Waals surface area contributed by atoms with Gasteiger partial charge in [-0.05, 0) is 55.6 Å². The Labute approximate surface area is 128 Å². The van der Waals surface area contributed by atoms with E-state index in [1.54, 1.807) is 0 Å². The fraction of sp³-hybridized carbons (Fsp3) is 0.625. The van der Waals surface area contributed by atoms with E-state index in [9.17, 15) is 0 Å². The number of hydrogen-bond acceptors (Lipinski definition) is 1. The van der Waals surface area contributed by atoms with Gasteiger partial charge < -0.3 is 4.43 Å². The summed E-state index contributed by atoms with van der Waals surface area (Å²) < 4.78 is 7.52. The van der Waals surface area contributed by atoms with Crippen LogP contribution in [0.3, 0.4) is 0 Å². The van der Waals surface area contributed by atoms with E-state index in [4.69, 9.17) is 4.43 Å². The van der Waals surface area contributed by atoms with Crippen LogP contribution in [-0.4, -0.2) is 14.4 Å². The van der Waals surface area contributed by atoms with Crippen molar-refractivity contribution < 1.29 is 4.43 Å². The van der Waals surface area contributed by atoms with Crippen LogP contribution in [0.4, 0.5) is 0 Å². The Morgan fingerprint density at radius 2 is 1.68 bits per heavy atom. The highest BCUT2D eigenvalue weighted by Crippen LogP contribution is 2.37. The lowest BCUT2D eigenvalue weighted by molar-refractivity contribution is 0.189. The maximum atomic E-state index is 6.38. The van der Waals surface area contributed by atoms with Gasteiger partial charge in [-0.2, -0.15) is 0 Å².